The minimum absolute atomic E-state index is 0.0956. The van der Waals surface area contributed by atoms with E-state index in [0.717, 1.165) is 20.9 Å². The summed E-state index contributed by atoms with van der Waals surface area (Å²) in [6, 6.07) is 20.5. The number of barbiturate groups is 1. The standard InChI is InChI=1S/C27H24N2O4/c1-4-33-23-13-11-20(12-14-23)17-24-25(30)28(21-9-5-7-18(2)15-21)27(32)29(26(24)31)22-10-6-8-19(3)16-22/h5-17H,4H2,1-3H3. The fourth-order valence-corrected chi connectivity index (χ4v) is 3.71. The van der Waals surface area contributed by atoms with Gasteiger partial charge in [-0.3, -0.25) is 9.59 Å². The van der Waals surface area contributed by atoms with Crippen molar-refractivity contribution in [3.05, 3.63) is 95.1 Å². The normalized spacial score (nSPS) is 14.0. The highest BCUT2D eigenvalue weighted by Gasteiger charge is 2.43. The molecule has 0 spiro atoms. The van der Waals surface area contributed by atoms with E-state index in [1.165, 1.54) is 6.08 Å². The van der Waals surface area contributed by atoms with Gasteiger partial charge in [0.1, 0.15) is 11.3 Å². The van der Waals surface area contributed by atoms with Crippen LogP contribution in [0.2, 0.25) is 0 Å². The Morgan fingerprint density at radius 1 is 0.758 bits per heavy atom. The fourth-order valence-electron chi connectivity index (χ4n) is 3.71. The van der Waals surface area contributed by atoms with Crippen molar-refractivity contribution < 1.29 is 19.1 Å². The number of imide groups is 2. The van der Waals surface area contributed by atoms with E-state index in [4.69, 9.17) is 4.74 Å². The van der Waals surface area contributed by atoms with Crippen LogP contribution in [-0.2, 0) is 9.59 Å². The molecular weight excluding hydrogens is 416 g/mol. The van der Waals surface area contributed by atoms with E-state index < -0.39 is 17.8 Å². The first-order chi connectivity index (χ1) is 15.9. The van der Waals surface area contributed by atoms with E-state index in [2.05, 4.69) is 0 Å². The molecule has 0 N–H and O–H groups in total. The zero-order valence-corrected chi connectivity index (χ0v) is 18.7. The van der Waals surface area contributed by atoms with Crippen LogP contribution in [0.5, 0.6) is 5.75 Å². The van der Waals surface area contributed by atoms with Crippen LogP contribution in [0.1, 0.15) is 23.6 Å². The minimum Gasteiger partial charge on any atom is -0.494 e. The Morgan fingerprint density at radius 2 is 1.27 bits per heavy atom. The van der Waals surface area contributed by atoms with Crippen LogP contribution in [0, 0.1) is 13.8 Å². The maximum Gasteiger partial charge on any atom is 0.343 e. The number of anilines is 2. The molecule has 4 amide bonds. The van der Waals surface area contributed by atoms with Gasteiger partial charge in [0.2, 0.25) is 0 Å². The second kappa shape index (κ2) is 9.12. The number of rotatable bonds is 5. The molecule has 1 fully saturated rings. The first-order valence-corrected chi connectivity index (χ1v) is 10.7. The summed E-state index contributed by atoms with van der Waals surface area (Å²) < 4.78 is 5.46. The predicted molar refractivity (Wildman–Crippen MR) is 128 cm³/mol. The summed E-state index contributed by atoms with van der Waals surface area (Å²) in [5.41, 5.74) is 3.16. The van der Waals surface area contributed by atoms with Gasteiger partial charge in [-0.15, -0.1) is 0 Å². The Labute approximate surface area is 192 Å². The zero-order chi connectivity index (χ0) is 23.5. The lowest BCUT2D eigenvalue weighted by molar-refractivity contribution is -0.121. The average molecular weight is 440 g/mol. The van der Waals surface area contributed by atoms with E-state index in [1.807, 2.05) is 32.9 Å². The summed E-state index contributed by atoms with van der Waals surface area (Å²) in [5, 5.41) is 0. The topological polar surface area (TPSA) is 66.9 Å². The van der Waals surface area contributed by atoms with Gasteiger partial charge < -0.3 is 4.74 Å². The molecule has 0 unspecified atom stereocenters. The molecule has 6 nitrogen and oxygen atoms in total. The maximum absolute atomic E-state index is 13.5. The van der Waals surface area contributed by atoms with Crippen molar-refractivity contribution in [1.29, 1.82) is 0 Å². The smallest absolute Gasteiger partial charge is 0.343 e. The molecule has 3 aromatic carbocycles. The Balaban J connectivity index is 1.83. The number of hydrogen-bond acceptors (Lipinski definition) is 4. The van der Waals surface area contributed by atoms with Crippen LogP contribution in [0.3, 0.4) is 0 Å². The van der Waals surface area contributed by atoms with E-state index in [-0.39, 0.29) is 5.57 Å². The minimum atomic E-state index is -0.704. The lowest BCUT2D eigenvalue weighted by atomic mass is 10.0. The molecule has 0 radical (unpaired) electrons. The third kappa shape index (κ3) is 4.41. The third-order valence-electron chi connectivity index (χ3n) is 5.27. The average Bonchev–Trinajstić information content (AvgIpc) is 2.78. The Hall–Kier alpha value is -4.19. The lowest BCUT2D eigenvalue weighted by Gasteiger charge is -2.34. The molecule has 0 aromatic heterocycles. The fraction of sp³-hybridized carbons (Fsp3) is 0.148. The predicted octanol–water partition coefficient (Wildman–Crippen LogP) is 5.29. The number of carbonyl (C=O) groups excluding carboxylic acids is 3. The van der Waals surface area contributed by atoms with Crippen molar-refractivity contribution in [3.8, 4) is 5.75 Å². The maximum atomic E-state index is 13.5. The zero-order valence-electron chi connectivity index (χ0n) is 18.7. The molecule has 6 heteroatoms. The summed E-state index contributed by atoms with van der Waals surface area (Å²) in [7, 11) is 0. The molecule has 0 aliphatic carbocycles. The summed E-state index contributed by atoms with van der Waals surface area (Å²) in [5.74, 6) is -0.624. The molecule has 0 bridgehead atoms. The third-order valence-corrected chi connectivity index (χ3v) is 5.27. The van der Waals surface area contributed by atoms with Gasteiger partial charge in [-0.25, -0.2) is 14.6 Å². The quantitative estimate of drug-likeness (QED) is 0.400. The number of aryl methyl sites for hydroxylation is 2. The molecule has 166 valence electrons. The van der Waals surface area contributed by atoms with Crippen molar-refractivity contribution in [1.82, 2.24) is 0 Å². The van der Waals surface area contributed by atoms with Crippen LogP contribution >= 0.6 is 0 Å². The molecule has 0 saturated carbocycles. The molecule has 1 saturated heterocycles. The second-order valence-electron chi connectivity index (χ2n) is 7.80. The highest BCUT2D eigenvalue weighted by Crippen LogP contribution is 2.30. The molecule has 4 rings (SSSR count). The van der Waals surface area contributed by atoms with E-state index in [0.29, 0.717) is 29.3 Å². The van der Waals surface area contributed by atoms with Gasteiger partial charge in [0.05, 0.1) is 18.0 Å². The van der Waals surface area contributed by atoms with Gasteiger partial charge in [-0.1, -0.05) is 36.4 Å². The number of nitrogens with zero attached hydrogens (tertiary/aromatic N) is 2. The van der Waals surface area contributed by atoms with E-state index in [1.54, 1.807) is 60.7 Å². The van der Waals surface area contributed by atoms with Gasteiger partial charge in [-0.05, 0) is 79.9 Å². The molecule has 1 aliphatic heterocycles. The van der Waals surface area contributed by atoms with Crippen molar-refractivity contribution in [2.24, 2.45) is 0 Å². The molecular formula is C27H24N2O4. The number of carbonyl (C=O) groups is 3. The Bertz CT molecular complexity index is 1190. The van der Waals surface area contributed by atoms with E-state index in [9.17, 15) is 14.4 Å². The van der Waals surface area contributed by atoms with Gasteiger partial charge in [0, 0.05) is 0 Å². The number of hydrogen-bond donors (Lipinski definition) is 0. The van der Waals surface area contributed by atoms with Crippen molar-refractivity contribution in [2.45, 2.75) is 20.8 Å². The van der Waals surface area contributed by atoms with Gasteiger partial charge in [-0.2, -0.15) is 0 Å². The summed E-state index contributed by atoms with van der Waals surface area (Å²) >= 11 is 0. The van der Waals surface area contributed by atoms with Crippen molar-refractivity contribution in [2.75, 3.05) is 16.4 Å². The van der Waals surface area contributed by atoms with Crippen molar-refractivity contribution in [3.63, 3.8) is 0 Å². The number of benzene rings is 3. The van der Waals surface area contributed by atoms with Gasteiger partial charge in [0.15, 0.2) is 0 Å². The molecule has 33 heavy (non-hydrogen) atoms. The summed E-state index contributed by atoms with van der Waals surface area (Å²) in [6.07, 6.45) is 1.51. The molecule has 1 heterocycles. The highest BCUT2D eigenvalue weighted by molar-refractivity contribution is 6.46. The van der Waals surface area contributed by atoms with Crippen LogP contribution in [0.15, 0.2) is 78.4 Å². The number of urea groups is 1. The summed E-state index contributed by atoms with van der Waals surface area (Å²) in [6.45, 7) is 6.19. The SMILES string of the molecule is CCOc1ccc(C=C2C(=O)N(c3cccc(C)c3)C(=O)N(c3cccc(C)c3)C2=O)cc1. The summed E-state index contributed by atoms with van der Waals surface area (Å²) in [4.78, 5) is 42.4. The second-order valence-corrected chi connectivity index (χ2v) is 7.80. The van der Waals surface area contributed by atoms with Gasteiger partial charge >= 0.3 is 6.03 Å². The van der Waals surface area contributed by atoms with Gasteiger partial charge in [0.25, 0.3) is 11.8 Å². The first kappa shape index (κ1) is 22.0. The monoisotopic (exact) mass is 440 g/mol. The number of ether oxygens (including phenoxy) is 1. The van der Waals surface area contributed by atoms with Crippen LogP contribution in [0.4, 0.5) is 16.2 Å². The largest absolute Gasteiger partial charge is 0.494 e. The molecule has 1 aliphatic rings. The first-order valence-electron chi connectivity index (χ1n) is 10.7. The Morgan fingerprint density at radius 3 is 1.73 bits per heavy atom. The molecule has 3 aromatic rings. The highest BCUT2D eigenvalue weighted by atomic mass is 16.5. The van der Waals surface area contributed by atoms with E-state index >= 15 is 0 Å². The van der Waals surface area contributed by atoms with Crippen molar-refractivity contribution >= 4 is 35.3 Å². The van der Waals surface area contributed by atoms with Crippen LogP contribution < -0.4 is 14.5 Å². The molecule has 0 atom stereocenters. The Kier molecular flexibility index (Phi) is 6.09. The van der Waals surface area contributed by atoms with Crippen LogP contribution in [-0.4, -0.2) is 24.5 Å². The van der Waals surface area contributed by atoms with Crippen LogP contribution in [0.25, 0.3) is 6.08 Å². The lowest BCUT2D eigenvalue weighted by Crippen LogP contribution is -2.57. The number of amides is 4.